The molecule has 5 rings (SSSR count). The molecule has 3 aliphatic heterocycles. The topological polar surface area (TPSA) is 26.8 Å². The Kier molecular flexibility index (Phi) is 4.36. The SMILES string of the molecule is O=C(N1CCc2ccccc2CC1)N1CC2CCCN2Cc2ccccc21. The van der Waals surface area contributed by atoms with Gasteiger partial charge in [0.05, 0.1) is 0 Å². The molecule has 0 bridgehead atoms. The fourth-order valence-corrected chi connectivity index (χ4v) is 4.96. The number of anilines is 1. The highest BCUT2D eigenvalue weighted by Gasteiger charge is 2.35. The molecule has 2 amide bonds. The van der Waals surface area contributed by atoms with Crippen LogP contribution in [0.5, 0.6) is 0 Å². The Balaban J connectivity index is 1.42. The van der Waals surface area contributed by atoms with E-state index >= 15 is 0 Å². The minimum atomic E-state index is 0.184. The van der Waals surface area contributed by atoms with Gasteiger partial charge in [-0.15, -0.1) is 0 Å². The van der Waals surface area contributed by atoms with Crippen molar-refractivity contribution in [3.05, 3.63) is 65.2 Å². The summed E-state index contributed by atoms with van der Waals surface area (Å²) in [6, 6.07) is 17.8. The summed E-state index contributed by atoms with van der Waals surface area (Å²) < 4.78 is 0. The van der Waals surface area contributed by atoms with Crippen LogP contribution in [0.15, 0.2) is 48.5 Å². The van der Waals surface area contributed by atoms with Crippen molar-refractivity contribution >= 4 is 11.7 Å². The molecule has 0 spiro atoms. The number of urea groups is 1. The minimum absolute atomic E-state index is 0.184. The average molecular weight is 361 g/mol. The molecule has 1 saturated heterocycles. The third-order valence-corrected chi connectivity index (χ3v) is 6.47. The molecule has 0 radical (unpaired) electrons. The quantitative estimate of drug-likeness (QED) is 0.715. The number of rotatable bonds is 0. The van der Waals surface area contributed by atoms with Crippen LogP contribution in [0.2, 0.25) is 0 Å². The number of hydrogen-bond donors (Lipinski definition) is 0. The lowest BCUT2D eigenvalue weighted by Gasteiger charge is -2.31. The van der Waals surface area contributed by atoms with Crippen molar-refractivity contribution in [1.82, 2.24) is 9.80 Å². The number of amides is 2. The first-order valence-corrected chi connectivity index (χ1v) is 10.2. The Labute approximate surface area is 161 Å². The first-order chi connectivity index (χ1) is 13.3. The van der Waals surface area contributed by atoms with Gasteiger partial charge in [0.15, 0.2) is 0 Å². The molecule has 3 aliphatic rings. The smallest absolute Gasteiger partial charge is 0.324 e. The van der Waals surface area contributed by atoms with E-state index in [1.807, 2.05) is 0 Å². The summed E-state index contributed by atoms with van der Waals surface area (Å²) in [5.41, 5.74) is 5.18. The average Bonchev–Trinajstić information content (AvgIpc) is 2.94. The molecule has 0 aliphatic carbocycles. The van der Waals surface area contributed by atoms with Crippen molar-refractivity contribution in [3.8, 4) is 0 Å². The lowest BCUT2D eigenvalue weighted by molar-refractivity contribution is 0.202. The van der Waals surface area contributed by atoms with E-state index in [4.69, 9.17) is 0 Å². The van der Waals surface area contributed by atoms with Crippen LogP contribution in [0, 0.1) is 0 Å². The van der Waals surface area contributed by atoms with Gasteiger partial charge in [0.2, 0.25) is 0 Å². The Morgan fingerprint density at radius 2 is 1.52 bits per heavy atom. The zero-order valence-electron chi connectivity index (χ0n) is 15.8. The first-order valence-electron chi connectivity index (χ1n) is 10.2. The number of carbonyl (C=O) groups excluding carboxylic acids is 1. The van der Waals surface area contributed by atoms with Crippen molar-refractivity contribution in [1.29, 1.82) is 0 Å². The van der Waals surface area contributed by atoms with E-state index in [0.717, 1.165) is 51.3 Å². The van der Waals surface area contributed by atoms with E-state index in [1.54, 1.807) is 0 Å². The van der Waals surface area contributed by atoms with Gasteiger partial charge >= 0.3 is 6.03 Å². The van der Waals surface area contributed by atoms with E-state index in [0.29, 0.717) is 6.04 Å². The molecular formula is C23H27N3O. The van der Waals surface area contributed by atoms with Gasteiger partial charge in [-0.2, -0.15) is 0 Å². The predicted molar refractivity (Wildman–Crippen MR) is 108 cm³/mol. The highest BCUT2D eigenvalue weighted by Crippen LogP contribution is 2.32. The lowest BCUT2D eigenvalue weighted by atomic mass is 10.0. The molecule has 0 aromatic heterocycles. The van der Waals surface area contributed by atoms with Gasteiger partial charge in [0, 0.05) is 37.9 Å². The Hall–Kier alpha value is -2.33. The van der Waals surface area contributed by atoms with Gasteiger partial charge in [-0.1, -0.05) is 42.5 Å². The van der Waals surface area contributed by atoms with Crippen LogP contribution >= 0.6 is 0 Å². The largest absolute Gasteiger partial charge is 0.324 e. The summed E-state index contributed by atoms with van der Waals surface area (Å²) in [4.78, 5) is 20.3. The van der Waals surface area contributed by atoms with Crippen molar-refractivity contribution < 1.29 is 4.79 Å². The second-order valence-electron chi connectivity index (χ2n) is 8.04. The zero-order chi connectivity index (χ0) is 18.2. The van der Waals surface area contributed by atoms with Crippen LogP contribution in [-0.2, 0) is 19.4 Å². The van der Waals surface area contributed by atoms with Crippen LogP contribution in [0.1, 0.15) is 29.5 Å². The highest BCUT2D eigenvalue weighted by atomic mass is 16.2. The van der Waals surface area contributed by atoms with E-state index in [9.17, 15) is 4.79 Å². The lowest BCUT2D eigenvalue weighted by Crippen LogP contribution is -2.48. The normalized spacial score (nSPS) is 22.4. The molecule has 1 unspecified atom stereocenters. The first kappa shape index (κ1) is 16.8. The maximum absolute atomic E-state index is 13.6. The summed E-state index contributed by atoms with van der Waals surface area (Å²) in [6.45, 7) is 4.56. The number of nitrogens with zero attached hydrogens (tertiary/aromatic N) is 3. The molecular weight excluding hydrogens is 334 g/mol. The molecule has 1 atom stereocenters. The van der Waals surface area contributed by atoms with Crippen LogP contribution < -0.4 is 4.90 Å². The van der Waals surface area contributed by atoms with Crippen molar-refractivity contribution in [2.24, 2.45) is 0 Å². The van der Waals surface area contributed by atoms with Crippen LogP contribution in [0.3, 0.4) is 0 Å². The standard InChI is InChI=1S/C23H27N3O/c27-23(24-14-11-18-6-1-2-7-19(18)12-15-24)26-17-21-9-5-13-25(21)16-20-8-3-4-10-22(20)26/h1-4,6-8,10,21H,5,9,11-17H2. The van der Waals surface area contributed by atoms with E-state index < -0.39 is 0 Å². The number of fused-ring (bicyclic) bond motifs is 3. The molecule has 0 saturated carbocycles. The molecule has 0 N–H and O–H groups in total. The maximum atomic E-state index is 13.6. The molecule has 27 heavy (non-hydrogen) atoms. The summed E-state index contributed by atoms with van der Waals surface area (Å²) in [6.07, 6.45) is 4.34. The summed E-state index contributed by atoms with van der Waals surface area (Å²) >= 11 is 0. The summed E-state index contributed by atoms with van der Waals surface area (Å²) in [7, 11) is 0. The van der Waals surface area contributed by atoms with Gasteiger partial charge in [-0.3, -0.25) is 9.80 Å². The van der Waals surface area contributed by atoms with Gasteiger partial charge in [0.1, 0.15) is 0 Å². The van der Waals surface area contributed by atoms with Gasteiger partial charge in [-0.05, 0) is 55.0 Å². The summed E-state index contributed by atoms with van der Waals surface area (Å²) in [5, 5.41) is 0. The number of carbonyl (C=O) groups is 1. The Morgan fingerprint density at radius 1 is 0.852 bits per heavy atom. The third-order valence-electron chi connectivity index (χ3n) is 6.47. The fraction of sp³-hybridized carbons (Fsp3) is 0.435. The molecule has 140 valence electrons. The molecule has 2 aromatic carbocycles. The number of para-hydroxylation sites is 1. The molecule has 1 fully saturated rings. The second-order valence-corrected chi connectivity index (χ2v) is 8.04. The van der Waals surface area contributed by atoms with Gasteiger partial charge in [0.25, 0.3) is 0 Å². The van der Waals surface area contributed by atoms with E-state index in [2.05, 4.69) is 63.2 Å². The maximum Gasteiger partial charge on any atom is 0.324 e. The molecule has 4 nitrogen and oxygen atoms in total. The highest BCUT2D eigenvalue weighted by molar-refractivity contribution is 5.93. The van der Waals surface area contributed by atoms with Gasteiger partial charge in [-0.25, -0.2) is 4.79 Å². The van der Waals surface area contributed by atoms with Crippen molar-refractivity contribution in [3.63, 3.8) is 0 Å². The fourth-order valence-electron chi connectivity index (χ4n) is 4.96. The second kappa shape index (κ2) is 7.01. The van der Waals surface area contributed by atoms with Gasteiger partial charge < -0.3 is 4.90 Å². The van der Waals surface area contributed by atoms with Crippen LogP contribution in [-0.4, -0.2) is 48.1 Å². The number of benzene rings is 2. The number of hydrogen-bond acceptors (Lipinski definition) is 2. The minimum Gasteiger partial charge on any atom is -0.324 e. The van der Waals surface area contributed by atoms with E-state index in [1.165, 1.54) is 29.5 Å². The Morgan fingerprint density at radius 3 is 2.26 bits per heavy atom. The molecule has 3 heterocycles. The van der Waals surface area contributed by atoms with Crippen molar-refractivity contribution in [2.75, 3.05) is 31.1 Å². The Bertz CT molecular complexity index is 822. The summed E-state index contributed by atoms with van der Waals surface area (Å²) in [5.74, 6) is 0. The predicted octanol–water partition coefficient (Wildman–Crippen LogP) is 3.69. The van der Waals surface area contributed by atoms with E-state index in [-0.39, 0.29) is 6.03 Å². The van der Waals surface area contributed by atoms with Crippen LogP contribution in [0.25, 0.3) is 0 Å². The van der Waals surface area contributed by atoms with Crippen molar-refractivity contribution in [2.45, 2.75) is 38.3 Å². The third kappa shape index (κ3) is 3.12. The molecule has 2 aromatic rings. The zero-order valence-corrected chi connectivity index (χ0v) is 15.8. The molecule has 4 heteroatoms. The van der Waals surface area contributed by atoms with Crippen LogP contribution in [0.4, 0.5) is 10.5 Å². The monoisotopic (exact) mass is 361 g/mol.